The van der Waals surface area contributed by atoms with Crippen molar-refractivity contribution >= 4 is 117 Å². The molecule has 1 fully saturated rings. The predicted molar refractivity (Wildman–Crippen MR) is 383 cm³/mol. The molecule has 1 saturated heterocycles. The molecule has 0 aliphatic carbocycles. The van der Waals surface area contributed by atoms with Gasteiger partial charge < -0.3 is 85.3 Å². The number of aryl methyl sites for hydroxylation is 1. The van der Waals surface area contributed by atoms with E-state index >= 15 is 0 Å². The number of carbonyl (C=O) groups excluding carboxylic acids is 10. The summed E-state index contributed by atoms with van der Waals surface area (Å²) in [5, 5.41) is 33.3. The summed E-state index contributed by atoms with van der Waals surface area (Å²) >= 11 is 8.16. The number of aromatic nitrogens is 2. The van der Waals surface area contributed by atoms with Crippen LogP contribution in [0.25, 0.3) is 16.4 Å². The van der Waals surface area contributed by atoms with Crippen molar-refractivity contribution in [1.29, 1.82) is 0 Å². The number of nitrogens with two attached hydrogens (primary N) is 1. The van der Waals surface area contributed by atoms with Crippen molar-refractivity contribution in [2.24, 2.45) is 11.7 Å². The number of likely N-dealkylation sites (N-methyl/N-ethyl adjacent to an activating group) is 1. The minimum Gasteiger partial charge on any atom is -0.508 e. The smallest absolute Gasteiger partial charge is 0.415 e. The van der Waals surface area contributed by atoms with Crippen molar-refractivity contribution in [2.45, 2.75) is 108 Å². The second kappa shape index (κ2) is 36.7. The fraction of sp³-hybridized carbons (Fsp3) is 0.451. The molecule has 2 aromatic heterocycles. The average Bonchev–Trinajstić information content (AvgIpc) is 1.55. The first-order valence-corrected chi connectivity index (χ1v) is 35.0. The van der Waals surface area contributed by atoms with E-state index in [2.05, 4.69) is 52.3 Å². The van der Waals surface area contributed by atoms with E-state index in [4.69, 9.17) is 41.0 Å². The Morgan fingerprint density at radius 2 is 1.58 bits per heavy atom. The Hall–Kier alpha value is -9.75. The number of nitrogens with one attached hydrogen (secondary N) is 5. The summed E-state index contributed by atoms with van der Waals surface area (Å²) < 4.78 is 29.7. The molecule has 4 heterocycles. The van der Waals surface area contributed by atoms with Gasteiger partial charge in [0.15, 0.2) is 0 Å². The molecular weight excluding hydrogens is 1360 g/mol. The first-order valence-electron chi connectivity index (χ1n) is 33.6. The van der Waals surface area contributed by atoms with Gasteiger partial charge in [0, 0.05) is 97.8 Å². The Bertz CT molecular complexity index is 3990. The number of alkyl carbamates (subject to hydrolysis) is 1. The molecule has 0 bridgehead atoms. The van der Waals surface area contributed by atoms with E-state index < -0.39 is 71.2 Å². The lowest BCUT2D eigenvalue weighted by molar-refractivity contribution is -0.139. The zero-order valence-corrected chi connectivity index (χ0v) is 59.7. The van der Waals surface area contributed by atoms with Gasteiger partial charge in [-0.05, 0) is 103 Å². The van der Waals surface area contributed by atoms with Crippen molar-refractivity contribution in [3.63, 3.8) is 0 Å². The van der Waals surface area contributed by atoms with E-state index in [1.165, 1.54) is 57.8 Å². The maximum Gasteiger partial charge on any atom is 0.415 e. The Morgan fingerprint density at radius 1 is 0.843 bits per heavy atom. The van der Waals surface area contributed by atoms with Crippen LogP contribution in [-0.2, 0) is 44.7 Å². The lowest BCUT2D eigenvalue weighted by atomic mass is 9.92. The number of fused-ring (bicyclic) bond motifs is 4. The van der Waals surface area contributed by atoms with Gasteiger partial charge in [-0.3, -0.25) is 33.7 Å². The minimum atomic E-state index is -1.17. The van der Waals surface area contributed by atoms with Crippen LogP contribution in [0.5, 0.6) is 11.5 Å². The summed E-state index contributed by atoms with van der Waals surface area (Å²) in [5.41, 5.74) is 9.47. The van der Waals surface area contributed by atoms with Gasteiger partial charge in [-0.15, -0.1) is 23.4 Å². The van der Waals surface area contributed by atoms with Crippen LogP contribution in [0.15, 0.2) is 97.3 Å². The van der Waals surface area contributed by atoms with Crippen molar-refractivity contribution < 1.29 is 81.8 Å². The number of hydrogen-bond acceptors (Lipinski definition) is 19. The van der Waals surface area contributed by atoms with Crippen LogP contribution >= 0.6 is 23.4 Å². The number of hydrogen-bond donors (Lipinski definition) is 8. The molecule has 0 radical (unpaired) electrons. The number of carbonyl (C=O) groups is 10. The number of amides is 11. The topological polar surface area (TPSA) is 374 Å². The molecule has 8 rings (SSSR count). The molecular formula is C71H89ClN12O17S. The molecule has 9 N–H and O–H groups in total. The third kappa shape index (κ3) is 21.2. The number of phenols is 1. The third-order valence-corrected chi connectivity index (χ3v) is 18.9. The molecule has 29 nitrogen and oxygen atoms in total. The molecule has 11 amide bonds. The number of benzene rings is 4. The summed E-state index contributed by atoms with van der Waals surface area (Å²) in [6.07, 6.45) is 2.95. The largest absolute Gasteiger partial charge is 0.508 e. The highest BCUT2D eigenvalue weighted by molar-refractivity contribution is 8.02. The number of primary amides is 1. The summed E-state index contributed by atoms with van der Waals surface area (Å²) in [5.74, 6) is -3.17. The van der Waals surface area contributed by atoms with Gasteiger partial charge >= 0.3 is 24.3 Å². The van der Waals surface area contributed by atoms with Gasteiger partial charge in [0.05, 0.1) is 56.2 Å². The number of thioether (sulfide) groups is 1. The van der Waals surface area contributed by atoms with Crippen molar-refractivity contribution in [3.8, 4) is 11.5 Å². The number of ether oxygens (including phenoxy) is 5. The van der Waals surface area contributed by atoms with E-state index in [-0.39, 0.29) is 150 Å². The third-order valence-electron chi connectivity index (χ3n) is 17.0. The van der Waals surface area contributed by atoms with E-state index in [1.54, 1.807) is 78.0 Å². The highest BCUT2D eigenvalue weighted by Crippen LogP contribution is 2.47. The molecule has 1 unspecified atom stereocenters. The van der Waals surface area contributed by atoms with Crippen LogP contribution in [0, 0.1) is 12.8 Å². The van der Waals surface area contributed by atoms with E-state index in [0.717, 1.165) is 29.4 Å². The summed E-state index contributed by atoms with van der Waals surface area (Å²) in [6, 6.07) is 19.5. The summed E-state index contributed by atoms with van der Waals surface area (Å²) in [7, 11) is 1.49. The molecule has 0 saturated carbocycles. The maximum absolute atomic E-state index is 14.6. The van der Waals surface area contributed by atoms with Crippen molar-refractivity contribution in [2.75, 3.05) is 107 Å². The second-order valence-electron chi connectivity index (χ2n) is 25.5. The normalized spacial score (nSPS) is 14.8. The van der Waals surface area contributed by atoms with Gasteiger partial charge in [0.2, 0.25) is 23.6 Å². The highest BCUT2D eigenvalue weighted by atomic mass is 35.5. The van der Waals surface area contributed by atoms with Crippen LogP contribution < -0.4 is 42.0 Å². The Morgan fingerprint density at radius 3 is 2.28 bits per heavy atom. The van der Waals surface area contributed by atoms with Crippen LogP contribution in [0.2, 0.25) is 0 Å². The lowest BCUT2D eigenvalue weighted by Gasteiger charge is -2.26. The SMILES string of the molecule is CCCC(C)(C)SC1CC(=O)N(CCOCCOC(=O)N[C@H](C(=O)N[C@@H](CCCNC(N)=O)C(=O)Nc2ccc(COC(=O)N(C)CCN(CCOCCO)C(=O)Oc3cc4c(c5c(C)cccc35)[C@H](CCl)CN4C(=O)c3cn4cc(NC(=O)c5ccc(O)cc5)ccc4n3)cc2)C(C)C)C1=O. The van der Waals surface area contributed by atoms with Crippen LogP contribution in [0.3, 0.4) is 0 Å². The Labute approximate surface area is 599 Å². The molecule has 6 aromatic rings. The fourth-order valence-corrected chi connectivity index (χ4v) is 13.6. The lowest BCUT2D eigenvalue weighted by Crippen LogP contribution is -2.54. The van der Waals surface area contributed by atoms with E-state index in [0.29, 0.717) is 39.2 Å². The van der Waals surface area contributed by atoms with Gasteiger partial charge in [0.1, 0.15) is 48.1 Å². The molecule has 102 heavy (non-hydrogen) atoms. The summed E-state index contributed by atoms with van der Waals surface area (Å²) in [4.78, 5) is 143. The zero-order chi connectivity index (χ0) is 73.8. The number of phenolic OH excluding ortho intramolecular Hbond substituents is 1. The Kier molecular flexibility index (Phi) is 28.1. The quantitative estimate of drug-likeness (QED) is 0.0106. The van der Waals surface area contributed by atoms with Gasteiger partial charge in [-0.2, -0.15) is 0 Å². The number of nitrogens with zero attached hydrogens (tertiary/aromatic N) is 6. The van der Waals surface area contributed by atoms with E-state index in [9.17, 15) is 58.2 Å². The number of anilines is 3. The molecule has 4 aromatic carbocycles. The number of alkyl halides is 1. The molecule has 4 atom stereocenters. The first kappa shape index (κ1) is 78.0. The van der Waals surface area contributed by atoms with Crippen LogP contribution in [0.4, 0.5) is 36.2 Å². The van der Waals surface area contributed by atoms with E-state index in [1.807, 2.05) is 25.1 Å². The van der Waals surface area contributed by atoms with Crippen LogP contribution in [0.1, 0.15) is 110 Å². The average molecular weight is 1450 g/mol. The molecule has 2 aliphatic heterocycles. The second-order valence-corrected chi connectivity index (χ2v) is 27.8. The van der Waals surface area contributed by atoms with Gasteiger partial charge in [-0.25, -0.2) is 24.2 Å². The summed E-state index contributed by atoms with van der Waals surface area (Å²) in [6.45, 7) is 11.0. The number of aromatic hydroxyl groups is 1. The number of urea groups is 1. The molecule has 31 heteroatoms. The Balaban J connectivity index is 0.844. The van der Waals surface area contributed by atoms with Crippen LogP contribution in [-0.4, -0.2) is 208 Å². The van der Waals surface area contributed by atoms with Crippen molar-refractivity contribution in [3.05, 3.63) is 125 Å². The number of halogens is 1. The monoisotopic (exact) mass is 1450 g/mol. The number of rotatable bonds is 35. The number of imide groups is 1. The minimum absolute atomic E-state index is 0.000131. The molecule has 548 valence electrons. The molecule has 0 spiro atoms. The predicted octanol–water partition coefficient (Wildman–Crippen LogP) is 7.89. The molecule has 2 aliphatic rings. The standard InChI is InChI=1S/C71H89ClN12O17S/c1-8-24-71(5,6)102-56-37-58(87)83(66(56)92)29-32-98-34-35-99-68(94)79-61(43(2)3)64(90)78-52(13-10-25-74-67(73)93)63(89)75-48-18-14-45(15-19-48)42-100-69(95)80(7)26-27-81(28-31-97-33-30-85)70(96)101-55-36-54-60(59-44(4)11-9-12-51(55)59)47(38-72)39-84(54)65(91)53-41-82-40-49(20-23-57(82)77-53)76-62(88)46-16-21-50(86)22-17-46/h9,11-12,14-23,36,40-41,43,47,52,56,61,85-86H,8,10,13,24-35,37-39,42H2,1-7H3,(H,75,89)(H,76,88)(H,78,90)(H,79,94)(H3,73,74,93)/t47-,52+,56?,61+/m1/s1. The number of pyridine rings is 1. The first-order chi connectivity index (χ1) is 48.8. The maximum atomic E-state index is 14.6. The number of likely N-dealkylation sites (tertiary alicyclic amines) is 1. The number of aliphatic hydroxyl groups is 1. The van der Waals surface area contributed by atoms with Gasteiger partial charge in [0.25, 0.3) is 11.8 Å². The zero-order valence-electron chi connectivity index (χ0n) is 58.1. The van der Waals surface area contributed by atoms with Crippen molar-refractivity contribution in [1.82, 2.24) is 40.0 Å². The number of imidazole rings is 1. The number of aliphatic hydroxyl groups excluding tert-OH is 1. The highest BCUT2D eigenvalue weighted by Gasteiger charge is 2.42. The van der Waals surface area contributed by atoms with Gasteiger partial charge in [-0.1, -0.05) is 71.4 Å². The fourth-order valence-electron chi connectivity index (χ4n) is 11.8.